The van der Waals surface area contributed by atoms with Crippen LogP contribution in [0.1, 0.15) is 24.6 Å². The van der Waals surface area contributed by atoms with Gasteiger partial charge in [-0.2, -0.15) is 4.98 Å². The number of non-ortho nitro benzene ring substituents is 1. The van der Waals surface area contributed by atoms with Crippen LogP contribution in [-0.2, 0) is 0 Å². The molecule has 1 aliphatic rings. The molecule has 1 aromatic carbocycles. The molecule has 1 fully saturated rings. The van der Waals surface area contributed by atoms with E-state index in [1.807, 2.05) is 0 Å². The molecular weight excluding hydrogens is 279 g/mol. The van der Waals surface area contributed by atoms with Gasteiger partial charge in [0.25, 0.3) is 11.6 Å². The first kappa shape index (κ1) is 13.6. The summed E-state index contributed by atoms with van der Waals surface area (Å²) in [5, 5.41) is 17.9. The second kappa shape index (κ2) is 5.57. The van der Waals surface area contributed by atoms with Crippen molar-refractivity contribution in [1.29, 1.82) is 0 Å². The fourth-order valence-corrected chi connectivity index (χ4v) is 2.40. The van der Waals surface area contributed by atoms with Gasteiger partial charge in [-0.3, -0.25) is 10.1 Å². The summed E-state index contributed by atoms with van der Waals surface area (Å²) in [6.07, 6.45) is 1.81. The Morgan fingerprint density at radius 3 is 2.81 bits per heavy atom. The summed E-state index contributed by atoms with van der Waals surface area (Å²) in [4.78, 5) is 14.3. The van der Waals surface area contributed by atoms with Crippen LogP contribution >= 0.6 is 0 Å². The van der Waals surface area contributed by atoms with E-state index in [1.165, 1.54) is 6.07 Å². The smallest absolute Gasteiger partial charge is 0.273 e. The summed E-state index contributed by atoms with van der Waals surface area (Å²) in [5.74, 6) is 0.164. The highest BCUT2D eigenvalue weighted by atomic mass is 19.1. The van der Waals surface area contributed by atoms with Gasteiger partial charge in [0, 0.05) is 17.5 Å². The Kier molecular flexibility index (Phi) is 3.61. The number of nitro benzene ring substituents is 1. The summed E-state index contributed by atoms with van der Waals surface area (Å²) >= 11 is 0. The van der Waals surface area contributed by atoms with Gasteiger partial charge in [0.15, 0.2) is 5.82 Å². The number of hydrogen-bond acceptors (Lipinski definition) is 6. The number of nitro groups is 1. The molecule has 0 spiro atoms. The highest BCUT2D eigenvalue weighted by Crippen LogP contribution is 2.28. The molecule has 1 aliphatic heterocycles. The highest BCUT2D eigenvalue weighted by Gasteiger charge is 2.22. The zero-order valence-electron chi connectivity index (χ0n) is 11.1. The Balaban J connectivity index is 1.90. The average Bonchev–Trinajstić information content (AvgIpc) is 2.97. The molecule has 0 aliphatic carbocycles. The lowest BCUT2D eigenvalue weighted by molar-refractivity contribution is -0.385. The third-order valence-corrected chi connectivity index (χ3v) is 3.49. The van der Waals surface area contributed by atoms with Crippen molar-refractivity contribution < 1.29 is 13.8 Å². The maximum absolute atomic E-state index is 13.4. The molecule has 0 unspecified atom stereocenters. The van der Waals surface area contributed by atoms with Crippen molar-refractivity contribution in [2.75, 3.05) is 13.1 Å². The first-order valence-electron chi connectivity index (χ1n) is 6.63. The van der Waals surface area contributed by atoms with Crippen LogP contribution in [0.5, 0.6) is 0 Å². The molecule has 0 saturated carbocycles. The van der Waals surface area contributed by atoms with Crippen molar-refractivity contribution >= 4 is 5.69 Å². The Bertz CT molecular complexity index is 667. The minimum atomic E-state index is -0.708. The molecule has 1 saturated heterocycles. The maximum Gasteiger partial charge on any atom is 0.273 e. The fourth-order valence-electron chi connectivity index (χ4n) is 2.40. The Hall–Kier alpha value is -2.35. The molecule has 3 rings (SSSR count). The molecular formula is C13H13FN4O3. The van der Waals surface area contributed by atoms with E-state index in [-0.39, 0.29) is 23.1 Å². The van der Waals surface area contributed by atoms with Gasteiger partial charge in [0.05, 0.1) is 11.0 Å². The van der Waals surface area contributed by atoms with E-state index in [9.17, 15) is 14.5 Å². The van der Waals surface area contributed by atoms with E-state index < -0.39 is 10.7 Å². The largest absolute Gasteiger partial charge is 0.334 e. The zero-order valence-corrected chi connectivity index (χ0v) is 11.1. The number of piperidine rings is 1. The summed E-state index contributed by atoms with van der Waals surface area (Å²) in [5.41, 5.74) is -0.124. The van der Waals surface area contributed by atoms with Gasteiger partial charge in [0.2, 0.25) is 0 Å². The molecule has 0 atom stereocenters. The third kappa shape index (κ3) is 2.89. The van der Waals surface area contributed by atoms with Crippen molar-refractivity contribution in [3.05, 3.63) is 40.0 Å². The van der Waals surface area contributed by atoms with Crippen molar-refractivity contribution in [2.45, 2.75) is 18.8 Å². The van der Waals surface area contributed by atoms with Crippen molar-refractivity contribution in [1.82, 2.24) is 15.5 Å². The van der Waals surface area contributed by atoms with E-state index in [4.69, 9.17) is 4.52 Å². The topological polar surface area (TPSA) is 94.1 Å². The van der Waals surface area contributed by atoms with E-state index in [1.54, 1.807) is 0 Å². The number of nitrogens with zero attached hydrogens (tertiary/aromatic N) is 3. The quantitative estimate of drug-likeness (QED) is 0.688. The molecule has 1 N–H and O–H groups in total. The van der Waals surface area contributed by atoms with E-state index >= 15 is 0 Å². The minimum absolute atomic E-state index is 0.103. The second-order valence-electron chi connectivity index (χ2n) is 4.94. The van der Waals surface area contributed by atoms with E-state index in [0.717, 1.165) is 38.1 Å². The minimum Gasteiger partial charge on any atom is -0.334 e. The van der Waals surface area contributed by atoms with Crippen LogP contribution in [0.2, 0.25) is 0 Å². The van der Waals surface area contributed by atoms with Crippen LogP contribution in [0.15, 0.2) is 22.7 Å². The van der Waals surface area contributed by atoms with Gasteiger partial charge in [-0.15, -0.1) is 0 Å². The van der Waals surface area contributed by atoms with E-state index in [0.29, 0.717) is 5.82 Å². The molecule has 7 nitrogen and oxygen atoms in total. The van der Waals surface area contributed by atoms with Crippen LogP contribution in [0.4, 0.5) is 10.1 Å². The number of nitrogens with one attached hydrogen (secondary N) is 1. The van der Waals surface area contributed by atoms with Crippen molar-refractivity contribution in [3.8, 4) is 11.5 Å². The normalized spacial score (nSPS) is 16.0. The maximum atomic E-state index is 13.4. The number of halogens is 1. The third-order valence-electron chi connectivity index (χ3n) is 3.49. The number of benzene rings is 1. The molecule has 0 radical (unpaired) electrons. The molecule has 2 aromatic rings. The van der Waals surface area contributed by atoms with Gasteiger partial charge in [-0.25, -0.2) is 4.39 Å². The van der Waals surface area contributed by atoms with Crippen LogP contribution < -0.4 is 5.32 Å². The lowest BCUT2D eigenvalue weighted by Gasteiger charge is -2.18. The fraction of sp³-hybridized carbons (Fsp3) is 0.385. The number of aromatic nitrogens is 2. The standard InChI is InChI=1S/C13H13FN4O3/c14-10-5-9(6-11(7-10)18(19)20)13-16-12(17-21-13)8-1-3-15-4-2-8/h5-8,15H,1-4H2. The molecule has 2 heterocycles. The molecule has 0 amide bonds. The Morgan fingerprint density at radius 1 is 1.33 bits per heavy atom. The Labute approximate surface area is 119 Å². The predicted molar refractivity (Wildman–Crippen MR) is 71.2 cm³/mol. The van der Waals surface area contributed by atoms with Crippen LogP contribution in [0.25, 0.3) is 11.5 Å². The predicted octanol–water partition coefficient (Wildman–Crippen LogP) is 2.25. The summed E-state index contributed by atoms with van der Waals surface area (Å²) < 4.78 is 18.6. The molecule has 1 aromatic heterocycles. The highest BCUT2D eigenvalue weighted by molar-refractivity contribution is 5.57. The van der Waals surface area contributed by atoms with Crippen LogP contribution in [-0.4, -0.2) is 28.2 Å². The zero-order chi connectivity index (χ0) is 14.8. The number of hydrogen-bond donors (Lipinski definition) is 1. The van der Waals surface area contributed by atoms with Gasteiger partial charge in [0.1, 0.15) is 5.82 Å². The summed E-state index contributed by atoms with van der Waals surface area (Å²) in [6, 6.07) is 3.23. The summed E-state index contributed by atoms with van der Waals surface area (Å²) in [6.45, 7) is 1.78. The lowest BCUT2D eigenvalue weighted by atomic mass is 9.98. The molecule has 21 heavy (non-hydrogen) atoms. The van der Waals surface area contributed by atoms with Crippen molar-refractivity contribution in [2.24, 2.45) is 0 Å². The molecule has 8 heteroatoms. The van der Waals surface area contributed by atoms with E-state index in [2.05, 4.69) is 15.5 Å². The average molecular weight is 292 g/mol. The van der Waals surface area contributed by atoms with Crippen LogP contribution in [0.3, 0.4) is 0 Å². The second-order valence-corrected chi connectivity index (χ2v) is 4.94. The molecule has 110 valence electrons. The monoisotopic (exact) mass is 292 g/mol. The Morgan fingerprint density at radius 2 is 2.10 bits per heavy atom. The van der Waals surface area contributed by atoms with Gasteiger partial charge in [-0.05, 0) is 32.0 Å². The molecule has 0 bridgehead atoms. The van der Waals surface area contributed by atoms with Crippen LogP contribution in [0, 0.1) is 15.9 Å². The van der Waals surface area contributed by atoms with Crippen molar-refractivity contribution in [3.63, 3.8) is 0 Å². The van der Waals surface area contributed by atoms with Gasteiger partial charge < -0.3 is 9.84 Å². The summed E-state index contributed by atoms with van der Waals surface area (Å²) in [7, 11) is 0. The van der Waals surface area contributed by atoms with Gasteiger partial charge >= 0.3 is 0 Å². The number of rotatable bonds is 3. The lowest BCUT2D eigenvalue weighted by Crippen LogP contribution is -2.27. The van der Waals surface area contributed by atoms with Gasteiger partial charge in [-0.1, -0.05) is 5.16 Å². The SMILES string of the molecule is O=[N+]([O-])c1cc(F)cc(-c2nc(C3CCNCC3)no2)c1. The first-order valence-corrected chi connectivity index (χ1v) is 6.63. The first-order chi connectivity index (χ1) is 10.1.